The van der Waals surface area contributed by atoms with E-state index in [-0.39, 0.29) is 5.56 Å². The molecule has 2 fully saturated rings. The van der Waals surface area contributed by atoms with Crippen LogP contribution in [0.5, 0.6) is 0 Å². The molecule has 6 heteroatoms. The number of H-pyrrole nitrogens is 1. The minimum absolute atomic E-state index is 0.148. The molecule has 2 N–H and O–H groups in total. The lowest BCUT2D eigenvalue weighted by Crippen LogP contribution is -2.21. The number of aromatic amines is 1. The van der Waals surface area contributed by atoms with E-state index in [4.69, 9.17) is 0 Å². The average Bonchev–Trinajstić information content (AvgIpc) is 3.03. The quantitative estimate of drug-likeness (QED) is 0.775. The van der Waals surface area contributed by atoms with Crippen LogP contribution in [-0.4, -0.2) is 39.1 Å². The predicted molar refractivity (Wildman–Crippen MR) is 90.1 cm³/mol. The summed E-state index contributed by atoms with van der Waals surface area (Å²) in [6, 6.07) is 8.26. The van der Waals surface area contributed by atoms with Crippen molar-refractivity contribution in [3.8, 4) is 11.3 Å². The molecule has 3 heterocycles. The van der Waals surface area contributed by atoms with Gasteiger partial charge in [0.25, 0.3) is 0 Å². The SMILES string of the molecule is O=C(O)c1c[nH]c2ncc(-c3cccc(N4C[C@H]5C[C@H]5C4)c3)nc12. The van der Waals surface area contributed by atoms with Crippen LogP contribution in [0.15, 0.2) is 36.7 Å². The molecule has 0 spiro atoms. The monoisotopic (exact) mass is 320 g/mol. The second-order valence-electron chi connectivity index (χ2n) is 6.67. The highest BCUT2D eigenvalue weighted by Gasteiger charge is 2.45. The summed E-state index contributed by atoms with van der Waals surface area (Å²) in [5, 5.41) is 9.26. The summed E-state index contributed by atoms with van der Waals surface area (Å²) in [6.45, 7) is 2.28. The first kappa shape index (κ1) is 13.5. The summed E-state index contributed by atoms with van der Waals surface area (Å²) in [6.07, 6.45) is 4.50. The number of piperidine rings is 1. The maximum Gasteiger partial charge on any atom is 0.339 e. The Hall–Kier alpha value is -2.89. The molecule has 1 saturated carbocycles. The average molecular weight is 320 g/mol. The molecular weight excluding hydrogens is 304 g/mol. The summed E-state index contributed by atoms with van der Waals surface area (Å²) >= 11 is 0. The molecule has 2 aromatic heterocycles. The van der Waals surface area contributed by atoms with Crippen LogP contribution in [0.2, 0.25) is 0 Å². The number of carbonyl (C=O) groups is 1. The zero-order valence-electron chi connectivity index (χ0n) is 12.9. The maximum atomic E-state index is 11.3. The number of hydrogen-bond donors (Lipinski definition) is 2. The van der Waals surface area contributed by atoms with E-state index < -0.39 is 5.97 Å². The number of carboxylic acids is 1. The van der Waals surface area contributed by atoms with Gasteiger partial charge in [-0.3, -0.25) is 0 Å². The second-order valence-corrected chi connectivity index (χ2v) is 6.67. The topological polar surface area (TPSA) is 82.1 Å². The fourth-order valence-corrected chi connectivity index (χ4v) is 3.66. The molecule has 0 bridgehead atoms. The van der Waals surface area contributed by atoms with Gasteiger partial charge in [-0.1, -0.05) is 12.1 Å². The van der Waals surface area contributed by atoms with Crippen molar-refractivity contribution in [2.75, 3.05) is 18.0 Å². The Kier molecular flexibility index (Phi) is 2.71. The molecular formula is C18H16N4O2. The Balaban J connectivity index is 1.54. The van der Waals surface area contributed by atoms with E-state index >= 15 is 0 Å². The number of nitrogens with zero attached hydrogens (tertiary/aromatic N) is 3. The summed E-state index contributed by atoms with van der Waals surface area (Å²) in [7, 11) is 0. The third kappa shape index (κ3) is 2.06. The zero-order valence-corrected chi connectivity index (χ0v) is 12.9. The molecule has 2 aliphatic rings. The molecule has 6 nitrogen and oxygen atoms in total. The molecule has 1 aliphatic carbocycles. The number of nitrogens with one attached hydrogen (secondary N) is 1. The number of aromatic carboxylic acids is 1. The summed E-state index contributed by atoms with van der Waals surface area (Å²) in [5.41, 5.74) is 3.89. The highest BCUT2D eigenvalue weighted by Crippen LogP contribution is 2.46. The molecule has 24 heavy (non-hydrogen) atoms. The number of aromatic nitrogens is 3. The van der Waals surface area contributed by atoms with Gasteiger partial charge in [-0.2, -0.15) is 0 Å². The molecule has 0 amide bonds. The predicted octanol–water partition coefficient (Wildman–Crippen LogP) is 2.78. The van der Waals surface area contributed by atoms with E-state index in [1.54, 1.807) is 6.20 Å². The van der Waals surface area contributed by atoms with Crippen molar-refractivity contribution >= 4 is 22.8 Å². The van der Waals surface area contributed by atoms with Crippen LogP contribution in [0.25, 0.3) is 22.4 Å². The van der Waals surface area contributed by atoms with Crippen LogP contribution >= 0.6 is 0 Å². The Morgan fingerprint density at radius 3 is 2.92 bits per heavy atom. The van der Waals surface area contributed by atoms with E-state index in [1.807, 2.05) is 12.1 Å². The lowest BCUT2D eigenvalue weighted by atomic mass is 10.1. The van der Waals surface area contributed by atoms with Crippen LogP contribution in [0, 0.1) is 11.8 Å². The van der Waals surface area contributed by atoms with Gasteiger partial charge in [0.05, 0.1) is 11.9 Å². The van der Waals surface area contributed by atoms with Crippen LogP contribution in [0.4, 0.5) is 5.69 Å². The van der Waals surface area contributed by atoms with Crippen molar-refractivity contribution in [3.63, 3.8) is 0 Å². The molecule has 2 atom stereocenters. The van der Waals surface area contributed by atoms with Crippen LogP contribution in [0.3, 0.4) is 0 Å². The van der Waals surface area contributed by atoms with Crippen molar-refractivity contribution in [2.45, 2.75) is 6.42 Å². The standard InChI is InChI=1S/C18H16N4O2/c23-18(24)14-6-19-17-16(14)21-15(7-20-17)10-2-1-3-13(5-10)22-8-11-4-12(11)9-22/h1-3,5-7,11-12H,4,8-9H2,(H,19,20)(H,23,24)/t11-,12+. The first-order valence-electron chi connectivity index (χ1n) is 8.12. The minimum Gasteiger partial charge on any atom is -0.478 e. The zero-order chi connectivity index (χ0) is 16.3. The van der Waals surface area contributed by atoms with Crippen molar-refractivity contribution in [1.29, 1.82) is 0 Å². The van der Waals surface area contributed by atoms with Gasteiger partial charge in [0.15, 0.2) is 5.65 Å². The van der Waals surface area contributed by atoms with Gasteiger partial charge in [0, 0.05) is 30.5 Å². The maximum absolute atomic E-state index is 11.3. The lowest BCUT2D eigenvalue weighted by molar-refractivity contribution is 0.0699. The van der Waals surface area contributed by atoms with Crippen molar-refractivity contribution < 1.29 is 9.90 Å². The number of fused-ring (bicyclic) bond motifs is 2. The van der Waals surface area contributed by atoms with Gasteiger partial charge >= 0.3 is 5.97 Å². The van der Waals surface area contributed by atoms with Crippen molar-refractivity contribution in [3.05, 3.63) is 42.2 Å². The first-order valence-corrected chi connectivity index (χ1v) is 8.12. The van der Waals surface area contributed by atoms with Crippen molar-refractivity contribution in [1.82, 2.24) is 15.0 Å². The molecule has 0 radical (unpaired) electrons. The summed E-state index contributed by atoms with van der Waals surface area (Å²) in [4.78, 5) is 25.4. The number of rotatable bonds is 3. The highest BCUT2D eigenvalue weighted by molar-refractivity contribution is 6.00. The van der Waals surface area contributed by atoms with Gasteiger partial charge in [0.1, 0.15) is 11.1 Å². The molecule has 1 aliphatic heterocycles. The Labute approximate surface area is 138 Å². The lowest BCUT2D eigenvalue weighted by Gasteiger charge is -2.20. The molecule has 1 aromatic carbocycles. The third-order valence-corrected chi connectivity index (χ3v) is 5.10. The van der Waals surface area contributed by atoms with E-state index in [2.05, 4.69) is 32.0 Å². The smallest absolute Gasteiger partial charge is 0.339 e. The fraction of sp³-hybridized carbons (Fsp3) is 0.278. The fourth-order valence-electron chi connectivity index (χ4n) is 3.66. The normalized spacial score (nSPS) is 21.9. The van der Waals surface area contributed by atoms with E-state index in [9.17, 15) is 9.90 Å². The van der Waals surface area contributed by atoms with E-state index in [1.165, 1.54) is 18.3 Å². The molecule has 120 valence electrons. The first-order chi connectivity index (χ1) is 11.7. The minimum atomic E-state index is -1.00. The van der Waals surface area contributed by atoms with Crippen LogP contribution in [-0.2, 0) is 0 Å². The van der Waals surface area contributed by atoms with Crippen LogP contribution < -0.4 is 4.90 Å². The van der Waals surface area contributed by atoms with Gasteiger partial charge in [-0.05, 0) is 30.4 Å². The number of benzene rings is 1. The summed E-state index contributed by atoms with van der Waals surface area (Å²) < 4.78 is 0. The molecule has 5 rings (SSSR count). The largest absolute Gasteiger partial charge is 0.478 e. The molecule has 1 saturated heterocycles. The number of anilines is 1. The molecule has 3 aromatic rings. The van der Waals surface area contributed by atoms with Gasteiger partial charge in [-0.15, -0.1) is 0 Å². The highest BCUT2D eigenvalue weighted by atomic mass is 16.4. The van der Waals surface area contributed by atoms with E-state index in [0.29, 0.717) is 16.9 Å². The number of carboxylic acid groups (broad SMARTS) is 1. The molecule has 0 unspecified atom stereocenters. The van der Waals surface area contributed by atoms with Crippen molar-refractivity contribution in [2.24, 2.45) is 11.8 Å². The van der Waals surface area contributed by atoms with Gasteiger partial charge < -0.3 is 15.0 Å². The Morgan fingerprint density at radius 1 is 1.29 bits per heavy atom. The summed E-state index contributed by atoms with van der Waals surface area (Å²) in [5.74, 6) is 0.753. The van der Waals surface area contributed by atoms with Gasteiger partial charge in [0.2, 0.25) is 0 Å². The second kappa shape index (κ2) is 4.80. The Morgan fingerprint density at radius 2 is 2.12 bits per heavy atom. The van der Waals surface area contributed by atoms with Gasteiger partial charge in [-0.25, -0.2) is 14.8 Å². The Bertz CT molecular complexity index is 955. The van der Waals surface area contributed by atoms with E-state index in [0.717, 1.165) is 30.5 Å². The number of hydrogen-bond acceptors (Lipinski definition) is 4. The van der Waals surface area contributed by atoms with Crippen LogP contribution in [0.1, 0.15) is 16.8 Å². The third-order valence-electron chi connectivity index (χ3n) is 5.10.